The van der Waals surface area contributed by atoms with Gasteiger partial charge in [-0.3, -0.25) is 0 Å². The lowest BCUT2D eigenvalue weighted by Gasteiger charge is -2.06. The Morgan fingerprint density at radius 2 is 1.67 bits per heavy atom. The zero-order valence-electron chi connectivity index (χ0n) is 9.79. The molecule has 0 radical (unpaired) electrons. The highest BCUT2D eigenvalue weighted by Gasteiger charge is 2.31. The molecule has 90 valence electrons. The molecule has 0 saturated carbocycles. The molecule has 2 atom stereocenters. The second-order valence-electron chi connectivity index (χ2n) is 4.30. The van der Waals surface area contributed by atoms with Crippen LogP contribution in [0.5, 0.6) is 5.75 Å². The quantitative estimate of drug-likeness (QED) is 0.765. The van der Waals surface area contributed by atoms with Gasteiger partial charge >= 0.3 is 0 Å². The first-order valence-corrected chi connectivity index (χ1v) is 5.97. The number of ether oxygens (including phenoxy) is 1. The fraction of sp³-hybridized carbons (Fsp3) is 0.125. The van der Waals surface area contributed by atoms with E-state index in [1.165, 1.54) is 0 Å². The molecular formula is C16H13FO. The summed E-state index contributed by atoms with van der Waals surface area (Å²) in [6, 6.07) is 17.4. The van der Waals surface area contributed by atoms with E-state index < -0.39 is 6.36 Å². The van der Waals surface area contributed by atoms with E-state index >= 15 is 0 Å². The zero-order chi connectivity index (χ0) is 12.4. The van der Waals surface area contributed by atoms with Gasteiger partial charge in [0.25, 0.3) is 0 Å². The van der Waals surface area contributed by atoms with Crippen LogP contribution in [0.3, 0.4) is 0 Å². The number of rotatable bonds is 2. The van der Waals surface area contributed by atoms with Gasteiger partial charge in [-0.05, 0) is 11.6 Å². The predicted molar refractivity (Wildman–Crippen MR) is 70.2 cm³/mol. The number of alkyl halides is 1. The third kappa shape index (κ3) is 2.02. The Hall–Kier alpha value is -2.09. The van der Waals surface area contributed by atoms with E-state index in [0.29, 0.717) is 5.75 Å². The molecule has 1 nitrogen and oxygen atoms in total. The molecule has 18 heavy (non-hydrogen) atoms. The van der Waals surface area contributed by atoms with Gasteiger partial charge in [0.2, 0.25) is 6.36 Å². The lowest BCUT2D eigenvalue weighted by Crippen LogP contribution is -2.09. The second-order valence-corrected chi connectivity index (χ2v) is 4.30. The van der Waals surface area contributed by atoms with Crippen LogP contribution in [-0.4, -0.2) is 6.36 Å². The van der Waals surface area contributed by atoms with Crippen LogP contribution in [0.25, 0.3) is 6.08 Å². The SMILES string of the molecule is FC1Oc2ccccc2C1C=Cc1ccccc1. The van der Waals surface area contributed by atoms with Crippen LogP contribution >= 0.6 is 0 Å². The number of hydrogen-bond donors (Lipinski definition) is 0. The number of hydrogen-bond acceptors (Lipinski definition) is 1. The monoisotopic (exact) mass is 240 g/mol. The second kappa shape index (κ2) is 4.65. The van der Waals surface area contributed by atoms with Crippen molar-refractivity contribution >= 4 is 6.08 Å². The lowest BCUT2D eigenvalue weighted by atomic mass is 9.99. The van der Waals surface area contributed by atoms with Crippen LogP contribution in [0.2, 0.25) is 0 Å². The molecule has 1 heterocycles. The molecule has 0 spiro atoms. The number of para-hydroxylation sites is 1. The largest absolute Gasteiger partial charge is 0.459 e. The maximum Gasteiger partial charge on any atom is 0.248 e. The minimum Gasteiger partial charge on any atom is -0.459 e. The van der Waals surface area contributed by atoms with E-state index in [9.17, 15) is 4.39 Å². The summed E-state index contributed by atoms with van der Waals surface area (Å²) < 4.78 is 19.0. The third-order valence-corrected chi connectivity index (χ3v) is 3.10. The Balaban J connectivity index is 1.87. The van der Waals surface area contributed by atoms with E-state index in [2.05, 4.69) is 0 Å². The van der Waals surface area contributed by atoms with Gasteiger partial charge in [-0.1, -0.05) is 60.7 Å². The summed E-state index contributed by atoms with van der Waals surface area (Å²) in [5.41, 5.74) is 1.98. The number of halogens is 1. The van der Waals surface area contributed by atoms with Crippen LogP contribution < -0.4 is 4.74 Å². The summed E-state index contributed by atoms with van der Waals surface area (Å²) in [4.78, 5) is 0. The number of fused-ring (bicyclic) bond motifs is 1. The maximum absolute atomic E-state index is 13.8. The first-order chi connectivity index (χ1) is 8.84. The summed E-state index contributed by atoms with van der Waals surface area (Å²) in [7, 11) is 0. The average molecular weight is 240 g/mol. The van der Waals surface area contributed by atoms with Crippen LogP contribution in [0, 0.1) is 0 Å². The molecular weight excluding hydrogens is 227 g/mol. The van der Waals surface area contributed by atoms with Crippen molar-refractivity contribution in [2.75, 3.05) is 0 Å². The van der Waals surface area contributed by atoms with E-state index in [4.69, 9.17) is 4.74 Å². The summed E-state index contributed by atoms with van der Waals surface area (Å²) in [5.74, 6) is 0.328. The Bertz CT molecular complexity index is 562. The fourth-order valence-corrected chi connectivity index (χ4v) is 2.17. The minimum atomic E-state index is -1.29. The highest BCUT2D eigenvalue weighted by atomic mass is 19.1. The normalized spacial score (nSPS) is 21.8. The molecule has 1 aliphatic heterocycles. The van der Waals surface area contributed by atoms with Gasteiger partial charge in [-0.15, -0.1) is 0 Å². The van der Waals surface area contributed by atoms with Crippen LogP contribution in [0.4, 0.5) is 4.39 Å². The highest BCUT2D eigenvalue weighted by molar-refractivity contribution is 5.53. The molecule has 0 fully saturated rings. The summed E-state index contributed by atoms with van der Waals surface area (Å²) in [6.07, 6.45) is 2.51. The molecule has 2 aromatic carbocycles. The fourth-order valence-electron chi connectivity index (χ4n) is 2.17. The maximum atomic E-state index is 13.8. The van der Waals surface area contributed by atoms with Gasteiger partial charge < -0.3 is 4.74 Å². The van der Waals surface area contributed by atoms with Gasteiger partial charge in [-0.25, -0.2) is 4.39 Å². The Morgan fingerprint density at radius 3 is 2.50 bits per heavy atom. The molecule has 2 heteroatoms. The highest BCUT2D eigenvalue weighted by Crippen LogP contribution is 2.39. The smallest absolute Gasteiger partial charge is 0.248 e. The van der Waals surface area contributed by atoms with Crippen molar-refractivity contribution in [1.29, 1.82) is 0 Å². The Labute approximate surface area is 106 Å². The first-order valence-electron chi connectivity index (χ1n) is 5.97. The van der Waals surface area contributed by atoms with Crippen molar-refractivity contribution in [2.24, 2.45) is 0 Å². The van der Waals surface area contributed by atoms with E-state index in [1.54, 1.807) is 6.07 Å². The third-order valence-electron chi connectivity index (χ3n) is 3.10. The molecule has 1 aliphatic rings. The predicted octanol–water partition coefficient (Wildman–Crippen LogP) is 4.17. The van der Waals surface area contributed by atoms with Gasteiger partial charge in [0.15, 0.2) is 0 Å². The van der Waals surface area contributed by atoms with Gasteiger partial charge in [-0.2, -0.15) is 0 Å². The van der Waals surface area contributed by atoms with E-state index in [0.717, 1.165) is 11.1 Å². The van der Waals surface area contributed by atoms with Gasteiger partial charge in [0.1, 0.15) is 5.75 Å². The zero-order valence-corrected chi connectivity index (χ0v) is 9.79. The number of benzene rings is 2. The molecule has 3 rings (SSSR count). The van der Waals surface area contributed by atoms with Crippen molar-refractivity contribution in [3.8, 4) is 5.75 Å². The summed E-state index contributed by atoms with van der Waals surface area (Å²) in [6.45, 7) is 0. The molecule has 0 saturated heterocycles. The molecule has 2 unspecified atom stereocenters. The van der Waals surface area contributed by atoms with Crippen LogP contribution in [-0.2, 0) is 0 Å². The summed E-state index contributed by atoms with van der Waals surface area (Å²) in [5, 5.41) is 0. The molecule has 0 N–H and O–H groups in total. The van der Waals surface area contributed by atoms with E-state index in [-0.39, 0.29) is 5.92 Å². The van der Waals surface area contributed by atoms with Crippen molar-refractivity contribution < 1.29 is 9.13 Å². The topological polar surface area (TPSA) is 9.23 Å². The summed E-state index contributed by atoms with van der Waals surface area (Å²) >= 11 is 0. The molecule has 2 aromatic rings. The molecule has 0 aliphatic carbocycles. The van der Waals surface area contributed by atoms with Crippen molar-refractivity contribution in [1.82, 2.24) is 0 Å². The molecule has 0 bridgehead atoms. The van der Waals surface area contributed by atoms with Crippen molar-refractivity contribution in [2.45, 2.75) is 12.3 Å². The van der Waals surface area contributed by atoms with Gasteiger partial charge in [0, 0.05) is 5.56 Å². The lowest BCUT2D eigenvalue weighted by molar-refractivity contribution is 0.0792. The van der Waals surface area contributed by atoms with Crippen LogP contribution in [0.1, 0.15) is 17.0 Å². The van der Waals surface area contributed by atoms with E-state index in [1.807, 2.05) is 60.7 Å². The van der Waals surface area contributed by atoms with Crippen LogP contribution in [0.15, 0.2) is 60.7 Å². The first kappa shape index (κ1) is 11.0. The Kier molecular flexibility index (Phi) is 2.85. The Morgan fingerprint density at radius 1 is 0.944 bits per heavy atom. The average Bonchev–Trinajstić information content (AvgIpc) is 2.73. The molecule has 0 aromatic heterocycles. The molecule has 0 amide bonds. The standard InChI is InChI=1S/C16H13FO/c17-16-14(11-10-12-6-2-1-3-7-12)13-8-4-5-9-15(13)18-16/h1-11,14,16H. The van der Waals surface area contributed by atoms with Crippen molar-refractivity contribution in [3.63, 3.8) is 0 Å². The minimum absolute atomic E-state index is 0.318. The van der Waals surface area contributed by atoms with Gasteiger partial charge in [0.05, 0.1) is 5.92 Å². The van der Waals surface area contributed by atoms with Crippen molar-refractivity contribution in [3.05, 3.63) is 71.8 Å².